The Morgan fingerprint density at radius 2 is 2.00 bits per heavy atom. The van der Waals surface area contributed by atoms with Crippen molar-refractivity contribution in [2.24, 2.45) is 11.1 Å². The normalized spacial score (nSPS) is 19.9. The average molecular weight is 302 g/mol. The van der Waals surface area contributed by atoms with Gasteiger partial charge in [-0.15, -0.1) is 0 Å². The van der Waals surface area contributed by atoms with E-state index in [9.17, 15) is 18.3 Å². The van der Waals surface area contributed by atoms with E-state index in [1.165, 1.54) is 12.1 Å². The van der Waals surface area contributed by atoms with Crippen LogP contribution in [0.2, 0.25) is 0 Å². The molecule has 1 heterocycles. The highest BCUT2D eigenvalue weighted by Gasteiger charge is 2.36. The van der Waals surface area contributed by atoms with Crippen molar-refractivity contribution in [1.29, 1.82) is 0 Å². The molecule has 1 aromatic carbocycles. The van der Waals surface area contributed by atoms with Crippen LogP contribution in [0.5, 0.6) is 0 Å². The lowest BCUT2D eigenvalue weighted by Crippen LogP contribution is -2.37. The number of aliphatic hydroxyl groups is 1. The van der Waals surface area contributed by atoms with Gasteiger partial charge in [0.25, 0.3) is 0 Å². The van der Waals surface area contributed by atoms with E-state index >= 15 is 0 Å². The summed E-state index contributed by atoms with van der Waals surface area (Å²) in [5.74, 6) is 0. The molecule has 1 unspecified atom stereocenters. The smallest absolute Gasteiger partial charge is 0.396 e. The van der Waals surface area contributed by atoms with E-state index in [0.29, 0.717) is 18.7 Å². The number of rotatable bonds is 4. The summed E-state index contributed by atoms with van der Waals surface area (Å²) in [7, 11) is 0. The van der Waals surface area contributed by atoms with Crippen LogP contribution in [-0.2, 0) is 12.7 Å². The van der Waals surface area contributed by atoms with E-state index in [2.05, 4.69) is 0 Å². The van der Waals surface area contributed by atoms with Crippen LogP contribution in [0.4, 0.5) is 13.2 Å². The summed E-state index contributed by atoms with van der Waals surface area (Å²) >= 11 is 0. The summed E-state index contributed by atoms with van der Waals surface area (Å²) in [6.45, 7) is 5.27. The molecule has 1 aliphatic heterocycles. The highest BCUT2D eigenvalue weighted by atomic mass is 19.4. The molecule has 0 spiro atoms. The number of fused-ring (bicyclic) bond motifs is 1. The van der Waals surface area contributed by atoms with Gasteiger partial charge in [0.2, 0.25) is 0 Å². The number of hydrogen-bond donors (Lipinski definition) is 2. The van der Waals surface area contributed by atoms with E-state index in [0.717, 1.165) is 11.6 Å². The van der Waals surface area contributed by atoms with Crippen molar-refractivity contribution in [2.45, 2.75) is 32.6 Å². The third kappa shape index (κ3) is 3.39. The van der Waals surface area contributed by atoms with Crippen molar-refractivity contribution in [2.75, 3.05) is 19.7 Å². The lowest BCUT2D eigenvalue weighted by Gasteiger charge is -2.32. The topological polar surface area (TPSA) is 49.5 Å². The second kappa shape index (κ2) is 5.59. The largest absolute Gasteiger partial charge is 0.416 e. The molecule has 0 saturated heterocycles. The Labute approximate surface area is 122 Å². The fourth-order valence-corrected chi connectivity index (χ4v) is 2.79. The van der Waals surface area contributed by atoms with Crippen LogP contribution in [0.1, 0.15) is 36.6 Å². The highest BCUT2D eigenvalue weighted by Crippen LogP contribution is 2.39. The fraction of sp³-hybridized carbons (Fsp3) is 0.600. The standard InChI is InChI=1S/C15H21F3N2O/c1-14(2,9-21)8-20-7-10-3-4-11(15(16,17)18)5-12(10)13(20)6-19/h3-5,13,21H,6-9,19H2,1-2H3. The maximum absolute atomic E-state index is 12.8. The number of alkyl halides is 3. The zero-order valence-corrected chi connectivity index (χ0v) is 12.2. The van der Waals surface area contributed by atoms with Gasteiger partial charge in [0.1, 0.15) is 0 Å². The van der Waals surface area contributed by atoms with Gasteiger partial charge in [-0.2, -0.15) is 13.2 Å². The fourth-order valence-electron chi connectivity index (χ4n) is 2.79. The number of nitrogens with two attached hydrogens (primary N) is 1. The van der Waals surface area contributed by atoms with Crippen LogP contribution in [0.25, 0.3) is 0 Å². The van der Waals surface area contributed by atoms with Crippen LogP contribution in [0.15, 0.2) is 18.2 Å². The molecule has 6 heteroatoms. The van der Waals surface area contributed by atoms with E-state index < -0.39 is 11.7 Å². The first-order valence-electron chi connectivity index (χ1n) is 6.93. The quantitative estimate of drug-likeness (QED) is 0.898. The van der Waals surface area contributed by atoms with Gasteiger partial charge in [0.05, 0.1) is 5.56 Å². The maximum Gasteiger partial charge on any atom is 0.416 e. The molecule has 3 nitrogen and oxygen atoms in total. The summed E-state index contributed by atoms with van der Waals surface area (Å²) in [5.41, 5.74) is 6.36. The van der Waals surface area contributed by atoms with Crippen LogP contribution < -0.4 is 5.73 Å². The van der Waals surface area contributed by atoms with Gasteiger partial charge in [-0.1, -0.05) is 19.9 Å². The molecule has 3 N–H and O–H groups in total. The molecule has 0 saturated carbocycles. The highest BCUT2D eigenvalue weighted by molar-refractivity contribution is 5.39. The maximum atomic E-state index is 12.8. The Balaban J connectivity index is 2.29. The van der Waals surface area contributed by atoms with E-state index in [1.807, 2.05) is 18.7 Å². The average Bonchev–Trinajstić information content (AvgIpc) is 2.72. The summed E-state index contributed by atoms with van der Waals surface area (Å²) in [6, 6.07) is 3.63. The van der Waals surface area contributed by atoms with Gasteiger partial charge in [-0.3, -0.25) is 4.90 Å². The Morgan fingerprint density at radius 1 is 1.33 bits per heavy atom. The molecule has 0 aliphatic carbocycles. The molecule has 0 aromatic heterocycles. The van der Waals surface area contributed by atoms with E-state index in [1.54, 1.807) is 0 Å². The Hall–Kier alpha value is -1.11. The van der Waals surface area contributed by atoms with Gasteiger partial charge < -0.3 is 10.8 Å². The molecular formula is C15H21F3N2O. The van der Waals surface area contributed by atoms with Crippen molar-refractivity contribution in [3.8, 4) is 0 Å². The van der Waals surface area contributed by atoms with Crippen molar-refractivity contribution < 1.29 is 18.3 Å². The monoisotopic (exact) mass is 302 g/mol. The number of aliphatic hydroxyl groups excluding tert-OH is 1. The van der Waals surface area contributed by atoms with Crippen LogP contribution in [0, 0.1) is 5.41 Å². The number of benzene rings is 1. The second-order valence-electron chi connectivity index (χ2n) is 6.39. The molecule has 118 valence electrons. The molecule has 2 rings (SSSR count). The predicted molar refractivity (Wildman–Crippen MR) is 74.5 cm³/mol. The van der Waals surface area contributed by atoms with Gasteiger partial charge in [-0.05, 0) is 23.3 Å². The predicted octanol–water partition coefficient (Wildman–Crippen LogP) is 2.54. The summed E-state index contributed by atoms with van der Waals surface area (Å²) in [5, 5.41) is 9.37. The Morgan fingerprint density at radius 3 is 2.52 bits per heavy atom. The molecule has 0 bridgehead atoms. The lowest BCUT2D eigenvalue weighted by molar-refractivity contribution is -0.137. The molecule has 0 radical (unpaired) electrons. The Kier molecular flexibility index (Phi) is 4.33. The SMILES string of the molecule is CC(C)(CO)CN1Cc2ccc(C(F)(F)F)cc2C1CN. The second-order valence-corrected chi connectivity index (χ2v) is 6.39. The number of halogens is 3. The van der Waals surface area contributed by atoms with E-state index in [4.69, 9.17) is 5.73 Å². The van der Waals surface area contributed by atoms with Gasteiger partial charge in [0.15, 0.2) is 0 Å². The zero-order chi connectivity index (χ0) is 15.8. The molecule has 1 aliphatic rings. The molecular weight excluding hydrogens is 281 g/mol. The zero-order valence-electron chi connectivity index (χ0n) is 12.2. The molecule has 0 fully saturated rings. The molecule has 1 atom stereocenters. The minimum absolute atomic E-state index is 0.0188. The summed E-state index contributed by atoms with van der Waals surface area (Å²) < 4.78 is 38.5. The van der Waals surface area contributed by atoms with Gasteiger partial charge >= 0.3 is 6.18 Å². The molecule has 1 aromatic rings. The third-order valence-electron chi connectivity index (χ3n) is 3.93. The Bertz CT molecular complexity index is 514. The van der Waals surface area contributed by atoms with Gasteiger partial charge in [-0.25, -0.2) is 0 Å². The van der Waals surface area contributed by atoms with Crippen LogP contribution >= 0.6 is 0 Å². The number of nitrogens with zero attached hydrogens (tertiary/aromatic N) is 1. The van der Waals surface area contributed by atoms with Crippen molar-refractivity contribution in [3.05, 3.63) is 34.9 Å². The minimum Gasteiger partial charge on any atom is -0.396 e. The van der Waals surface area contributed by atoms with Crippen molar-refractivity contribution in [3.63, 3.8) is 0 Å². The lowest BCUT2D eigenvalue weighted by atomic mass is 9.93. The van der Waals surface area contributed by atoms with Crippen LogP contribution in [0.3, 0.4) is 0 Å². The first-order chi connectivity index (χ1) is 9.68. The number of hydrogen-bond acceptors (Lipinski definition) is 3. The van der Waals surface area contributed by atoms with Gasteiger partial charge in [0, 0.05) is 37.7 Å². The van der Waals surface area contributed by atoms with Crippen molar-refractivity contribution >= 4 is 0 Å². The summed E-state index contributed by atoms with van der Waals surface area (Å²) in [6.07, 6.45) is -4.34. The van der Waals surface area contributed by atoms with E-state index in [-0.39, 0.29) is 24.6 Å². The first kappa shape index (κ1) is 16.3. The molecule has 21 heavy (non-hydrogen) atoms. The van der Waals surface area contributed by atoms with Crippen LogP contribution in [-0.4, -0.2) is 29.7 Å². The minimum atomic E-state index is -4.34. The molecule has 0 amide bonds. The first-order valence-corrected chi connectivity index (χ1v) is 6.93. The summed E-state index contributed by atoms with van der Waals surface area (Å²) in [4.78, 5) is 2.04. The third-order valence-corrected chi connectivity index (χ3v) is 3.93. The van der Waals surface area contributed by atoms with Crippen molar-refractivity contribution in [1.82, 2.24) is 4.90 Å².